The summed E-state index contributed by atoms with van der Waals surface area (Å²) in [6.45, 7) is 0.417. The summed E-state index contributed by atoms with van der Waals surface area (Å²) >= 11 is 0. The molecule has 7 heteroatoms. The van der Waals surface area contributed by atoms with Gasteiger partial charge in [-0.15, -0.1) is 0 Å². The Morgan fingerprint density at radius 1 is 1.12 bits per heavy atom. The molecular weight excluding hydrogens is 326 g/mol. The average molecular weight is 353 g/mol. The van der Waals surface area contributed by atoms with Gasteiger partial charge in [0.25, 0.3) is 0 Å². The Kier molecular flexibility index (Phi) is 6.62. The minimum absolute atomic E-state index is 0.211. The van der Waals surface area contributed by atoms with Crippen molar-refractivity contribution in [2.75, 3.05) is 31.5 Å². The molecule has 1 saturated carbocycles. The normalized spacial score (nSPS) is 16.1. The van der Waals surface area contributed by atoms with E-state index in [2.05, 4.69) is 5.32 Å². The maximum absolute atomic E-state index is 12.5. The van der Waals surface area contributed by atoms with Crippen LogP contribution in [0.4, 0.5) is 5.69 Å². The van der Waals surface area contributed by atoms with Gasteiger partial charge in [0.1, 0.15) is 6.54 Å². The Labute approximate surface area is 145 Å². The number of nitrogens with zero attached hydrogens (tertiary/aromatic N) is 2. The highest BCUT2D eigenvalue weighted by molar-refractivity contribution is 7.90. The third-order valence-corrected chi connectivity index (χ3v) is 6.20. The topological polar surface area (TPSA) is 69.7 Å². The summed E-state index contributed by atoms with van der Waals surface area (Å²) in [6.07, 6.45) is 5.97. The first-order chi connectivity index (χ1) is 11.4. The minimum atomic E-state index is -3.72. The zero-order chi connectivity index (χ0) is 17.6. The Morgan fingerprint density at radius 2 is 1.75 bits per heavy atom. The maximum Gasteiger partial charge on any atom is 0.304 e. The average Bonchev–Trinajstić information content (AvgIpc) is 2.59. The molecule has 0 aliphatic heterocycles. The lowest BCUT2D eigenvalue weighted by Gasteiger charge is -2.27. The van der Waals surface area contributed by atoms with Crippen molar-refractivity contribution in [2.24, 2.45) is 5.92 Å². The van der Waals surface area contributed by atoms with Crippen molar-refractivity contribution in [1.82, 2.24) is 9.62 Å². The van der Waals surface area contributed by atoms with Crippen LogP contribution in [0.1, 0.15) is 32.1 Å². The molecule has 1 aliphatic carbocycles. The first-order valence-corrected chi connectivity index (χ1v) is 9.83. The van der Waals surface area contributed by atoms with E-state index in [0.29, 0.717) is 18.2 Å². The number of para-hydroxylation sites is 1. The molecule has 1 aromatic rings. The van der Waals surface area contributed by atoms with Crippen LogP contribution in [0, 0.1) is 5.92 Å². The predicted octanol–water partition coefficient (Wildman–Crippen LogP) is 2.00. The van der Waals surface area contributed by atoms with Crippen LogP contribution in [0.5, 0.6) is 0 Å². The van der Waals surface area contributed by atoms with E-state index in [1.165, 1.54) is 33.4 Å². The molecule has 2 rings (SSSR count). The van der Waals surface area contributed by atoms with Gasteiger partial charge in [-0.2, -0.15) is 12.7 Å². The number of anilines is 1. The zero-order valence-electron chi connectivity index (χ0n) is 14.4. The summed E-state index contributed by atoms with van der Waals surface area (Å²) in [7, 11) is -0.797. The smallest absolute Gasteiger partial charge is 0.304 e. The first kappa shape index (κ1) is 18.7. The molecule has 0 radical (unpaired) electrons. The van der Waals surface area contributed by atoms with Gasteiger partial charge in [0.2, 0.25) is 5.91 Å². The number of hydrogen-bond donors (Lipinski definition) is 1. The van der Waals surface area contributed by atoms with E-state index in [0.717, 1.165) is 21.5 Å². The fraction of sp³-hybridized carbons (Fsp3) is 0.588. The molecule has 1 fully saturated rings. The van der Waals surface area contributed by atoms with Crippen LogP contribution in [0.15, 0.2) is 30.3 Å². The third-order valence-electron chi connectivity index (χ3n) is 4.38. The molecule has 1 aliphatic rings. The van der Waals surface area contributed by atoms with Crippen molar-refractivity contribution in [2.45, 2.75) is 32.1 Å². The second kappa shape index (κ2) is 8.48. The highest BCUT2D eigenvalue weighted by atomic mass is 32.2. The van der Waals surface area contributed by atoms with Gasteiger partial charge in [-0.1, -0.05) is 37.5 Å². The number of amides is 1. The van der Waals surface area contributed by atoms with Gasteiger partial charge >= 0.3 is 10.2 Å². The number of nitrogens with one attached hydrogen (secondary N) is 1. The lowest BCUT2D eigenvalue weighted by atomic mass is 9.89. The molecule has 1 N–H and O–H groups in total. The SMILES string of the molecule is CN(C)S(=O)(=O)N(CC(=O)NCC1CCCCC1)c1ccccc1. The predicted molar refractivity (Wildman–Crippen MR) is 96.0 cm³/mol. The van der Waals surface area contributed by atoms with Crippen molar-refractivity contribution in [1.29, 1.82) is 0 Å². The van der Waals surface area contributed by atoms with Crippen LogP contribution in [-0.4, -0.2) is 45.8 Å². The lowest BCUT2D eigenvalue weighted by Crippen LogP contribution is -2.46. The van der Waals surface area contributed by atoms with Crippen LogP contribution >= 0.6 is 0 Å². The molecule has 0 unspecified atom stereocenters. The van der Waals surface area contributed by atoms with Gasteiger partial charge < -0.3 is 5.32 Å². The van der Waals surface area contributed by atoms with Gasteiger partial charge in [-0.25, -0.2) is 4.31 Å². The number of carbonyl (C=O) groups is 1. The Bertz CT molecular complexity index is 626. The largest absolute Gasteiger partial charge is 0.354 e. The minimum Gasteiger partial charge on any atom is -0.354 e. The summed E-state index contributed by atoms with van der Waals surface area (Å²) < 4.78 is 27.3. The third kappa shape index (κ3) is 4.95. The molecule has 1 aromatic carbocycles. The molecule has 24 heavy (non-hydrogen) atoms. The molecule has 6 nitrogen and oxygen atoms in total. The highest BCUT2D eigenvalue weighted by Gasteiger charge is 2.27. The van der Waals surface area contributed by atoms with Crippen LogP contribution in [0.3, 0.4) is 0 Å². The van der Waals surface area contributed by atoms with Gasteiger partial charge in [0.15, 0.2) is 0 Å². The Hall–Kier alpha value is -1.60. The molecule has 134 valence electrons. The fourth-order valence-corrected chi connectivity index (χ4v) is 4.00. The van der Waals surface area contributed by atoms with Crippen molar-refractivity contribution >= 4 is 21.8 Å². The van der Waals surface area contributed by atoms with Gasteiger partial charge in [0.05, 0.1) is 5.69 Å². The van der Waals surface area contributed by atoms with E-state index in [1.807, 2.05) is 6.07 Å². The van der Waals surface area contributed by atoms with Crippen molar-refractivity contribution in [3.8, 4) is 0 Å². The van der Waals surface area contributed by atoms with E-state index in [9.17, 15) is 13.2 Å². The Balaban J connectivity index is 2.03. The van der Waals surface area contributed by atoms with Gasteiger partial charge in [-0.05, 0) is 30.9 Å². The standard InChI is InChI=1S/C17H27N3O3S/c1-19(2)24(22,23)20(16-11-7-4-8-12-16)14-17(21)18-13-15-9-5-3-6-10-15/h4,7-8,11-12,15H,3,5-6,9-10,13-14H2,1-2H3,(H,18,21). The molecule has 0 bridgehead atoms. The maximum atomic E-state index is 12.5. The van der Waals surface area contributed by atoms with Crippen LogP contribution in [0.25, 0.3) is 0 Å². The monoisotopic (exact) mass is 353 g/mol. The second-order valence-electron chi connectivity index (χ2n) is 6.44. The van der Waals surface area contributed by atoms with E-state index in [1.54, 1.807) is 24.3 Å². The molecule has 0 spiro atoms. The quantitative estimate of drug-likeness (QED) is 0.815. The molecule has 1 amide bonds. The van der Waals surface area contributed by atoms with Crippen molar-refractivity contribution in [3.63, 3.8) is 0 Å². The van der Waals surface area contributed by atoms with Crippen LogP contribution in [0.2, 0.25) is 0 Å². The summed E-state index contributed by atoms with van der Waals surface area (Å²) in [5, 5.41) is 2.90. The van der Waals surface area contributed by atoms with E-state index >= 15 is 0 Å². The molecule has 0 saturated heterocycles. The lowest BCUT2D eigenvalue weighted by molar-refractivity contribution is -0.119. The van der Waals surface area contributed by atoms with Crippen LogP contribution < -0.4 is 9.62 Å². The second-order valence-corrected chi connectivity index (χ2v) is 8.51. The molecule has 0 heterocycles. The van der Waals surface area contributed by atoms with Crippen LogP contribution in [-0.2, 0) is 15.0 Å². The zero-order valence-corrected chi connectivity index (χ0v) is 15.3. The summed E-state index contributed by atoms with van der Waals surface area (Å²) in [5.74, 6) is 0.244. The van der Waals surface area contributed by atoms with Crippen molar-refractivity contribution in [3.05, 3.63) is 30.3 Å². The first-order valence-electron chi connectivity index (χ1n) is 8.43. The number of carbonyl (C=O) groups excluding carboxylic acids is 1. The fourth-order valence-electron chi connectivity index (χ4n) is 2.93. The Morgan fingerprint density at radius 3 is 2.33 bits per heavy atom. The molecule has 0 atom stereocenters. The highest BCUT2D eigenvalue weighted by Crippen LogP contribution is 2.23. The van der Waals surface area contributed by atoms with Crippen molar-refractivity contribution < 1.29 is 13.2 Å². The number of hydrogen-bond acceptors (Lipinski definition) is 3. The number of rotatable bonds is 7. The van der Waals surface area contributed by atoms with E-state index < -0.39 is 10.2 Å². The van der Waals surface area contributed by atoms with Gasteiger partial charge in [-0.3, -0.25) is 4.79 Å². The van der Waals surface area contributed by atoms with E-state index in [4.69, 9.17) is 0 Å². The van der Waals surface area contributed by atoms with Gasteiger partial charge in [0, 0.05) is 20.6 Å². The van der Waals surface area contributed by atoms with E-state index in [-0.39, 0.29) is 12.5 Å². The summed E-state index contributed by atoms with van der Waals surface area (Å²) in [4.78, 5) is 12.3. The number of benzene rings is 1. The molecule has 0 aromatic heterocycles. The summed E-state index contributed by atoms with van der Waals surface area (Å²) in [6, 6.07) is 8.71. The summed E-state index contributed by atoms with van der Waals surface area (Å²) in [5.41, 5.74) is 0.485. The molecular formula is C17H27N3O3S.